The van der Waals surface area contributed by atoms with Gasteiger partial charge >= 0.3 is 0 Å². The van der Waals surface area contributed by atoms with Gasteiger partial charge in [0.15, 0.2) is 0 Å². The smallest absolute Gasteiger partial charge is 0.291 e. The summed E-state index contributed by atoms with van der Waals surface area (Å²) in [5.74, 6) is 3.17. The maximum Gasteiger partial charge on any atom is 0.291 e. The van der Waals surface area contributed by atoms with Crippen LogP contribution in [0.2, 0.25) is 0 Å². The number of likely N-dealkylation sites (tertiary alicyclic amines) is 1. The van der Waals surface area contributed by atoms with Crippen molar-refractivity contribution in [2.75, 3.05) is 57.5 Å². The van der Waals surface area contributed by atoms with E-state index in [1.165, 1.54) is 12.8 Å². The molecule has 0 aromatic carbocycles. The summed E-state index contributed by atoms with van der Waals surface area (Å²) in [5.41, 5.74) is 0. The number of hydrogen-bond acceptors (Lipinski definition) is 6. The number of rotatable bonds is 5. The monoisotopic (exact) mass is 389 g/mol. The van der Waals surface area contributed by atoms with Gasteiger partial charge in [0.05, 0.1) is 6.61 Å². The van der Waals surface area contributed by atoms with Crippen LogP contribution in [-0.4, -0.2) is 78.2 Å². The molecule has 8 heteroatoms. The third-order valence-corrected chi connectivity index (χ3v) is 6.92. The lowest BCUT2D eigenvalue weighted by atomic mass is 9.91. The molecule has 0 bridgehead atoms. The van der Waals surface area contributed by atoms with Crippen molar-refractivity contribution < 1.29 is 14.3 Å². The molecule has 3 atom stereocenters. The number of amides is 1. The Balaban J connectivity index is 1.38. The van der Waals surface area contributed by atoms with Crippen molar-refractivity contribution in [2.45, 2.75) is 38.6 Å². The highest BCUT2D eigenvalue weighted by atomic mass is 16.5. The average molecular weight is 390 g/mol. The molecule has 8 nitrogen and oxygen atoms in total. The van der Waals surface area contributed by atoms with Gasteiger partial charge in [-0.25, -0.2) is 0 Å². The summed E-state index contributed by atoms with van der Waals surface area (Å²) in [6.45, 7) is 7.77. The molecule has 3 unspecified atom stereocenters. The fraction of sp³-hybridized carbons (Fsp3) is 0.850. The Morgan fingerprint density at radius 3 is 2.54 bits per heavy atom. The predicted octanol–water partition coefficient (Wildman–Crippen LogP) is 1.41. The Hall–Kier alpha value is -1.67. The molecule has 0 aliphatic carbocycles. The second-order valence-corrected chi connectivity index (χ2v) is 8.78. The van der Waals surface area contributed by atoms with E-state index in [4.69, 9.17) is 9.47 Å². The van der Waals surface area contributed by atoms with Crippen molar-refractivity contribution in [2.24, 2.45) is 17.8 Å². The number of nitrogens with zero attached hydrogens (tertiary/aromatic N) is 5. The number of ether oxygens (including phenoxy) is 2. The van der Waals surface area contributed by atoms with E-state index in [2.05, 4.69) is 19.7 Å². The molecule has 0 spiro atoms. The van der Waals surface area contributed by atoms with E-state index in [1.54, 1.807) is 0 Å². The maximum atomic E-state index is 13.1. The minimum absolute atomic E-state index is 0.0371. The van der Waals surface area contributed by atoms with Crippen LogP contribution < -0.4 is 4.90 Å². The van der Waals surface area contributed by atoms with Crippen LogP contribution in [0.25, 0.3) is 0 Å². The zero-order chi connectivity index (χ0) is 18.9. The van der Waals surface area contributed by atoms with E-state index >= 15 is 0 Å². The van der Waals surface area contributed by atoms with Crippen molar-refractivity contribution >= 4 is 11.9 Å². The van der Waals surface area contributed by atoms with Gasteiger partial charge in [-0.05, 0) is 43.9 Å². The highest BCUT2D eigenvalue weighted by Crippen LogP contribution is 2.33. The molecule has 154 valence electrons. The standard InChI is InChI=1S/C20H31N5O3/c26-19(23-6-1-2-7-23)18-21-22-20(25(18)11-15-4-9-27-13-15)24-8-3-16(12-24)17-5-10-28-14-17/h15-17H,1-14H2. The van der Waals surface area contributed by atoms with Gasteiger partial charge in [0, 0.05) is 58.5 Å². The van der Waals surface area contributed by atoms with Crippen LogP contribution >= 0.6 is 0 Å². The zero-order valence-electron chi connectivity index (χ0n) is 16.6. The first-order valence-electron chi connectivity index (χ1n) is 10.9. The first-order chi connectivity index (χ1) is 13.8. The molecule has 4 aliphatic heterocycles. The SMILES string of the molecule is O=C(c1nnc(N2CCC(C3CCOC3)C2)n1CC1CCOC1)N1CCCC1. The molecule has 1 aromatic rings. The zero-order valence-corrected chi connectivity index (χ0v) is 16.6. The summed E-state index contributed by atoms with van der Waals surface area (Å²) in [4.78, 5) is 17.3. The quantitative estimate of drug-likeness (QED) is 0.758. The predicted molar refractivity (Wildman–Crippen MR) is 103 cm³/mol. The van der Waals surface area contributed by atoms with Crippen LogP contribution in [0.15, 0.2) is 0 Å². The number of carbonyl (C=O) groups excluding carboxylic acids is 1. The van der Waals surface area contributed by atoms with Gasteiger partial charge in [0.25, 0.3) is 5.91 Å². The molecule has 4 fully saturated rings. The van der Waals surface area contributed by atoms with Gasteiger partial charge in [-0.2, -0.15) is 0 Å². The fourth-order valence-corrected chi connectivity index (χ4v) is 5.18. The third kappa shape index (κ3) is 3.52. The third-order valence-electron chi connectivity index (χ3n) is 6.92. The Morgan fingerprint density at radius 2 is 1.79 bits per heavy atom. The molecular formula is C20H31N5O3. The van der Waals surface area contributed by atoms with Crippen LogP contribution in [0, 0.1) is 17.8 Å². The lowest BCUT2D eigenvalue weighted by Gasteiger charge is -2.23. The molecule has 28 heavy (non-hydrogen) atoms. The minimum Gasteiger partial charge on any atom is -0.381 e. The lowest BCUT2D eigenvalue weighted by molar-refractivity contribution is 0.0773. The summed E-state index contributed by atoms with van der Waals surface area (Å²) < 4.78 is 13.3. The van der Waals surface area contributed by atoms with Crippen molar-refractivity contribution in [1.29, 1.82) is 0 Å². The minimum atomic E-state index is 0.0371. The molecule has 4 saturated heterocycles. The van der Waals surface area contributed by atoms with Crippen molar-refractivity contribution in [1.82, 2.24) is 19.7 Å². The van der Waals surface area contributed by atoms with Crippen LogP contribution in [0.5, 0.6) is 0 Å². The second kappa shape index (κ2) is 7.99. The number of aromatic nitrogens is 3. The van der Waals surface area contributed by atoms with Crippen molar-refractivity contribution in [3.63, 3.8) is 0 Å². The number of hydrogen-bond donors (Lipinski definition) is 0. The fourth-order valence-electron chi connectivity index (χ4n) is 5.18. The Morgan fingerprint density at radius 1 is 0.964 bits per heavy atom. The van der Waals surface area contributed by atoms with Crippen LogP contribution in [-0.2, 0) is 16.0 Å². The van der Waals surface area contributed by atoms with E-state index in [0.717, 1.165) is 84.4 Å². The first kappa shape index (κ1) is 18.4. The second-order valence-electron chi connectivity index (χ2n) is 8.78. The highest BCUT2D eigenvalue weighted by Gasteiger charge is 2.36. The average Bonchev–Trinajstić information content (AvgIpc) is 3.54. The van der Waals surface area contributed by atoms with E-state index in [9.17, 15) is 4.79 Å². The van der Waals surface area contributed by atoms with Gasteiger partial charge < -0.3 is 19.3 Å². The van der Waals surface area contributed by atoms with Gasteiger partial charge in [-0.1, -0.05) is 0 Å². The van der Waals surface area contributed by atoms with E-state index in [1.807, 2.05) is 4.90 Å². The molecule has 4 aliphatic rings. The van der Waals surface area contributed by atoms with E-state index < -0.39 is 0 Å². The summed E-state index contributed by atoms with van der Waals surface area (Å²) in [7, 11) is 0. The van der Waals surface area contributed by atoms with Crippen LogP contribution in [0.1, 0.15) is 42.7 Å². The maximum absolute atomic E-state index is 13.1. The van der Waals surface area contributed by atoms with Gasteiger partial charge in [-0.15, -0.1) is 10.2 Å². The largest absolute Gasteiger partial charge is 0.381 e. The van der Waals surface area contributed by atoms with Crippen LogP contribution in [0.3, 0.4) is 0 Å². The Kier molecular flexibility index (Phi) is 5.24. The summed E-state index contributed by atoms with van der Waals surface area (Å²) >= 11 is 0. The van der Waals surface area contributed by atoms with Crippen LogP contribution in [0.4, 0.5) is 5.95 Å². The molecule has 5 rings (SSSR count). The molecular weight excluding hydrogens is 358 g/mol. The normalized spacial score (nSPS) is 30.6. The van der Waals surface area contributed by atoms with Gasteiger partial charge in [0.1, 0.15) is 0 Å². The number of carbonyl (C=O) groups is 1. The summed E-state index contributed by atoms with van der Waals surface area (Å²) in [5, 5.41) is 8.90. The Bertz CT molecular complexity index is 690. The summed E-state index contributed by atoms with van der Waals surface area (Å²) in [6, 6.07) is 0. The first-order valence-corrected chi connectivity index (χ1v) is 10.9. The van der Waals surface area contributed by atoms with E-state index in [-0.39, 0.29) is 5.91 Å². The van der Waals surface area contributed by atoms with Gasteiger partial charge in [-0.3, -0.25) is 9.36 Å². The van der Waals surface area contributed by atoms with E-state index in [0.29, 0.717) is 23.6 Å². The molecule has 5 heterocycles. The van der Waals surface area contributed by atoms with Crippen molar-refractivity contribution in [3.8, 4) is 0 Å². The topological polar surface area (TPSA) is 72.7 Å². The summed E-state index contributed by atoms with van der Waals surface area (Å²) in [6.07, 6.45) is 5.55. The Labute approximate surface area is 166 Å². The highest BCUT2D eigenvalue weighted by molar-refractivity contribution is 5.91. The number of anilines is 1. The molecule has 0 N–H and O–H groups in total. The van der Waals surface area contributed by atoms with Gasteiger partial charge in [0.2, 0.25) is 11.8 Å². The van der Waals surface area contributed by atoms with Crippen molar-refractivity contribution in [3.05, 3.63) is 5.82 Å². The molecule has 1 amide bonds. The lowest BCUT2D eigenvalue weighted by Crippen LogP contribution is -2.32. The molecule has 0 radical (unpaired) electrons. The molecule has 0 saturated carbocycles. The molecule has 1 aromatic heterocycles.